The zero-order valence-corrected chi connectivity index (χ0v) is 11.6. The Labute approximate surface area is 114 Å². The van der Waals surface area contributed by atoms with Crippen molar-refractivity contribution in [2.24, 2.45) is 0 Å². The highest BCUT2D eigenvalue weighted by Crippen LogP contribution is 2.26. The molecule has 0 spiro atoms. The van der Waals surface area contributed by atoms with Crippen molar-refractivity contribution in [1.29, 1.82) is 0 Å². The Kier molecular flexibility index (Phi) is 5.33. The van der Waals surface area contributed by atoms with Crippen molar-refractivity contribution in [3.05, 3.63) is 27.7 Å². The summed E-state index contributed by atoms with van der Waals surface area (Å²) >= 11 is 9.34. The Morgan fingerprint density at radius 2 is 2.35 bits per heavy atom. The van der Waals surface area contributed by atoms with Crippen LogP contribution >= 0.6 is 27.5 Å². The summed E-state index contributed by atoms with van der Waals surface area (Å²) in [5.74, 6) is 2.18. The molecule has 3 nitrogen and oxygen atoms in total. The molecule has 1 amide bonds. The van der Waals surface area contributed by atoms with Gasteiger partial charge >= 0.3 is 0 Å². The Hall–Kier alpha value is -1.18. The Bertz CT molecular complexity index is 456. The van der Waals surface area contributed by atoms with E-state index < -0.39 is 6.04 Å². The van der Waals surface area contributed by atoms with E-state index in [1.54, 1.807) is 13.0 Å². The normalized spacial score (nSPS) is 11.4. The van der Waals surface area contributed by atoms with E-state index in [9.17, 15) is 4.79 Å². The average molecular weight is 316 g/mol. The molecule has 1 rings (SSSR count). The van der Waals surface area contributed by atoms with Gasteiger partial charge in [-0.1, -0.05) is 33.5 Å². The van der Waals surface area contributed by atoms with Crippen LogP contribution in [0.15, 0.2) is 22.7 Å². The van der Waals surface area contributed by atoms with Gasteiger partial charge in [0, 0.05) is 4.47 Å². The van der Waals surface area contributed by atoms with Crippen LogP contribution in [0.4, 0.5) is 5.69 Å². The van der Waals surface area contributed by atoms with E-state index in [1.807, 2.05) is 12.1 Å². The highest BCUT2D eigenvalue weighted by atomic mass is 79.9. The number of terminal acetylenes is 1. The van der Waals surface area contributed by atoms with Crippen LogP contribution in [0.2, 0.25) is 5.02 Å². The molecule has 0 aliphatic heterocycles. The van der Waals surface area contributed by atoms with Crippen LogP contribution in [-0.2, 0) is 4.79 Å². The van der Waals surface area contributed by atoms with E-state index in [-0.39, 0.29) is 12.5 Å². The minimum absolute atomic E-state index is 0.168. The Morgan fingerprint density at radius 1 is 1.65 bits per heavy atom. The standard InChI is InChI=1S/C12H12BrClN2O/c1-3-6-15-12(17)8(2)16-11-7-9(13)4-5-10(11)14/h1,4-5,7-8,16H,6H2,2H3,(H,15,17). The second kappa shape index (κ2) is 6.53. The van der Waals surface area contributed by atoms with Gasteiger partial charge in [-0.05, 0) is 25.1 Å². The molecule has 1 atom stereocenters. The van der Waals surface area contributed by atoms with E-state index in [0.29, 0.717) is 10.7 Å². The molecule has 0 aromatic heterocycles. The van der Waals surface area contributed by atoms with Crippen LogP contribution in [-0.4, -0.2) is 18.5 Å². The number of hydrogen-bond acceptors (Lipinski definition) is 2. The SMILES string of the molecule is C#CCNC(=O)C(C)Nc1cc(Br)ccc1Cl. The van der Waals surface area contributed by atoms with Crippen molar-refractivity contribution in [2.45, 2.75) is 13.0 Å². The summed E-state index contributed by atoms with van der Waals surface area (Å²) in [6, 6.07) is 4.99. The monoisotopic (exact) mass is 314 g/mol. The van der Waals surface area contributed by atoms with E-state index >= 15 is 0 Å². The van der Waals surface area contributed by atoms with Crippen LogP contribution in [0.5, 0.6) is 0 Å². The third-order valence-electron chi connectivity index (χ3n) is 2.06. The number of carbonyl (C=O) groups excluding carboxylic acids is 1. The molecular formula is C12H12BrClN2O. The van der Waals surface area contributed by atoms with Crippen molar-refractivity contribution in [3.63, 3.8) is 0 Å². The zero-order valence-electron chi connectivity index (χ0n) is 9.26. The lowest BCUT2D eigenvalue weighted by Crippen LogP contribution is -2.37. The lowest BCUT2D eigenvalue weighted by atomic mass is 10.2. The van der Waals surface area contributed by atoms with Gasteiger partial charge in [0.25, 0.3) is 0 Å². The van der Waals surface area contributed by atoms with Crippen molar-refractivity contribution < 1.29 is 4.79 Å². The van der Waals surface area contributed by atoms with Gasteiger partial charge in [0.2, 0.25) is 5.91 Å². The fourth-order valence-corrected chi connectivity index (χ4v) is 1.73. The molecule has 0 saturated heterocycles. The van der Waals surface area contributed by atoms with Crippen molar-refractivity contribution in [3.8, 4) is 12.3 Å². The third kappa shape index (κ3) is 4.29. The van der Waals surface area contributed by atoms with Gasteiger partial charge in [-0.25, -0.2) is 0 Å². The van der Waals surface area contributed by atoms with Crippen molar-refractivity contribution >= 4 is 39.1 Å². The molecule has 0 heterocycles. The second-order valence-corrected chi connectivity index (χ2v) is 4.73. The average Bonchev–Trinajstić information content (AvgIpc) is 2.30. The lowest BCUT2D eigenvalue weighted by molar-refractivity contribution is -0.121. The minimum Gasteiger partial charge on any atom is -0.373 e. The summed E-state index contributed by atoms with van der Waals surface area (Å²) in [5, 5.41) is 6.17. The number of anilines is 1. The summed E-state index contributed by atoms with van der Waals surface area (Å²) in [5.41, 5.74) is 0.699. The number of amides is 1. The molecule has 0 saturated carbocycles. The predicted molar refractivity (Wildman–Crippen MR) is 74.1 cm³/mol. The van der Waals surface area contributed by atoms with Crippen LogP contribution in [0, 0.1) is 12.3 Å². The number of hydrogen-bond donors (Lipinski definition) is 2. The van der Waals surface area contributed by atoms with E-state index in [4.69, 9.17) is 18.0 Å². The van der Waals surface area contributed by atoms with E-state index in [1.165, 1.54) is 0 Å². The van der Waals surface area contributed by atoms with Crippen LogP contribution in [0.3, 0.4) is 0 Å². The maximum absolute atomic E-state index is 11.6. The van der Waals surface area contributed by atoms with Gasteiger partial charge in [0.15, 0.2) is 0 Å². The fraction of sp³-hybridized carbons (Fsp3) is 0.250. The Balaban J connectivity index is 2.67. The van der Waals surface area contributed by atoms with Gasteiger partial charge < -0.3 is 10.6 Å². The summed E-state index contributed by atoms with van der Waals surface area (Å²) < 4.78 is 0.889. The maximum Gasteiger partial charge on any atom is 0.242 e. The maximum atomic E-state index is 11.6. The van der Waals surface area contributed by atoms with Gasteiger partial charge in [-0.3, -0.25) is 4.79 Å². The van der Waals surface area contributed by atoms with Crippen LogP contribution < -0.4 is 10.6 Å². The van der Waals surface area contributed by atoms with Gasteiger partial charge in [-0.2, -0.15) is 0 Å². The first-order valence-electron chi connectivity index (χ1n) is 4.97. The van der Waals surface area contributed by atoms with Gasteiger partial charge in [0.1, 0.15) is 6.04 Å². The lowest BCUT2D eigenvalue weighted by Gasteiger charge is -2.15. The molecule has 17 heavy (non-hydrogen) atoms. The molecule has 90 valence electrons. The van der Waals surface area contributed by atoms with Gasteiger partial charge in [0.05, 0.1) is 17.3 Å². The number of rotatable bonds is 4. The largest absolute Gasteiger partial charge is 0.373 e. The third-order valence-corrected chi connectivity index (χ3v) is 2.88. The molecule has 1 unspecified atom stereocenters. The number of benzene rings is 1. The molecule has 0 fully saturated rings. The minimum atomic E-state index is -0.407. The highest BCUT2D eigenvalue weighted by Gasteiger charge is 2.13. The van der Waals surface area contributed by atoms with Gasteiger partial charge in [-0.15, -0.1) is 6.42 Å². The quantitative estimate of drug-likeness (QED) is 0.839. The molecule has 1 aromatic rings. The molecule has 1 aromatic carbocycles. The molecular weight excluding hydrogens is 304 g/mol. The summed E-state index contributed by atoms with van der Waals surface area (Å²) in [7, 11) is 0. The summed E-state index contributed by atoms with van der Waals surface area (Å²) in [4.78, 5) is 11.6. The summed E-state index contributed by atoms with van der Waals surface area (Å²) in [6.45, 7) is 1.96. The molecule has 0 bridgehead atoms. The van der Waals surface area contributed by atoms with Crippen molar-refractivity contribution in [2.75, 3.05) is 11.9 Å². The fourth-order valence-electron chi connectivity index (χ4n) is 1.20. The molecule has 0 aliphatic rings. The second-order valence-electron chi connectivity index (χ2n) is 3.41. The highest BCUT2D eigenvalue weighted by molar-refractivity contribution is 9.10. The molecule has 2 N–H and O–H groups in total. The van der Waals surface area contributed by atoms with E-state index in [0.717, 1.165) is 4.47 Å². The first kappa shape index (κ1) is 13.9. The number of halogens is 2. The smallest absolute Gasteiger partial charge is 0.242 e. The first-order chi connectivity index (χ1) is 8.04. The van der Waals surface area contributed by atoms with Crippen LogP contribution in [0.1, 0.15) is 6.92 Å². The number of carbonyl (C=O) groups is 1. The van der Waals surface area contributed by atoms with E-state index in [2.05, 4.69) is 32.5 Å². The Morgan fingerprint density at radius 3 is 3.00 bits per heavy atom. The predicted octanol–water partition coefficient (Wildman–Crippen LogP) is 2.65. The topological polar surface area (TPSA) is 41.1 Å². The van der Waals surface area contributed by atoms with Crippen LogP contribution in [0.25, 0.3) is 0 Å². The molecule has 0 aliphatic carbocycles. The first-order valence-corrected chi connectivity index (χ1v) is 6.14. The summed E-state index contributed by atoms with van der Waals surface area (Å²) in [6.07, 6.45) is 5.06. The van der Waals surface area contributed by atoms with Crippen molar-refractivity contribution in [1.82, 2.24) is 5.32 Å². The zero-order chi connectivity index (χ0) is 12.8. The molecule has 5 heteroatoms. The number of nitrogens with one attached hydrogen (secondary N) is 2. The molecule has 0 radical (unpaired) electrons.